The number of hydrogen-bond donors (Lipinski definition) is 0. The van der Waals surface area contributed by atoms with Gasteiger partial charge in [-0.15, -0.1) is 0 Å². The van der Waals surface area contributed by atoms with Crippen molar-refractivity contribution in [2.45, 2.75) is 186 Å². The van der Waals surface area contributed by atoms with Gasteiger partial charge < -0.3 is 27.9 Å². The van der Waals surface area contributed by atoms with E-state index in [1.807, 2.05) is 65.1 Å². The quantitative estimate of drug-likeness (QED) is 0.0219. The molecule has 0 saturated heterocycles. The number of carbonyl (C=O) groups is 2. The van der Waals surface area contributed by atoms with E-state index >= 15 is 0 Å². The first kappa shape index (κ1) is 59.0. The summed E-state index contributed by atoms with van der Waals surface area (Å²) < 4.78 is 133. The van der Waals surface area contributed by atoms with E-state index in [0.29, 0.717) is 32.3 Å². The van der Waals surface area contributed by atoms with E-state index in [2.05, 4.69) is 56.4 Å². The summed E-state index contributed by atoms with van der Waals surface area (Å²) in [6, 6.07) is 0. The Bertz CT molecular complexity index is 1690. The third-order valence-corrected chi connectivity index (χ3v) is 22.7. The number of alkyl halides is 6. The molecule has 0 spiro atoms. The van der Waals surface area contributed by atoms with Crippen LogP contribution in [0.3, 0.4) is 0 Å². The lowest BCUT2D eigenvalue weighted by molar-refractivity contribution is -0.167. The molecule has 2 aliphatic rings. The van der Waals surface area contributed by atoms with Crippen LogP contribution < -0.4 is 0 Å². The van der Waals surface area contributed by atoms with Crippen LogP contribution in [0, 0.1) is 5.92 Å². The predicted molar refractivity (Wildman–Crippen MR) is 247 cm³/mol. The van der Waals surface area contributed by atoms with E-state index in [-0.39, 0.29) is 40.7 Å². The Hall–Kier alpha value is -2.16. The van der Waals surface area contributed by atoms with Gasteiger partial charge in [-0.2, -0.15) is 26.3 Å². The molecule has 2 rings (SSSR count). The Morgan fingerprint density at radius 2 is 1.52 bits per heavy atom. The fourth-order valence-electron chi connectivity index (χ4n) is 6.54. The summed E-state index contributed by atoms with van der Waals surface area (Å²) in [6.45, 7) is 25.0. The molecule has 19 heteroatoms. The molecule has 0 aromatic carbocycles. The van der Waals surface area contributed by atoms with Crippen LogP contribution in [0.1, 0.15) is 100 Å². The Labute approximate surface area is 385 Å². The summed E-state index contributed by atoms with van der Waals surface area (Å²) >= 11 is 0. The number of halogens is 6. The van der Waals surface area contributed by atoms with Gasteiger partial charge in [0.1, 0.15) is 24.7 Å². The monoisotopic (exact) mass is 988 g/mol. The van der Waals surface area contributed by atoms with Crippen LogP contribution in [-0.2, 0) is 46.3 Å². The zero-order valence-corrected chi connectivity index (χ0v) is 43.3. The van der Waals surface area contributed by atoms with Gasteiger partial charge in [0.25, 0.3) is 0 Å². The SMILES string of the molecule is C=C(CC(C=CC[C@H](OC(=O)CP(=O)(OCC(F)(F)F)OCC(F)(F)F)C(C=C[C@@H]1CC(C)=CCO1)O[Si](C)(C)C(C)(C)C)O[Si](C)(C)C(C)(C)C)C[C@H](C)C[C@@H]1CC=C[C@@H](CC=O)O1. The molecule has 7 atom stereocenters. The summed E-state index contributed by atoms with van der Waals surface area (Å²) in [5.41, 5.74) is 2.02. The van der Waals surface area contributed by atoms with Gasteiger partial charge in [0, 0.05) is 12.8 Å². The van der Waals surface area contributed by atoms with E-state index in [1.165, 1.54) is 0 Å². The fraction of sp³-hybridized carbons (Fsp3) is 0.739. The number of aldehydes is 1. The highest BCUT2D eigenvalue weighted by molar-refractivity contribution is 7.54. The van der Waals surface area contributed by atoms with Gasteiger partial charge in [-0.25, -0.2) is 0 Å². The maximum Gasteiger partial charge on any atom is 0.412 e. The average Bonchev–Trinajstić information content (AvgIpc) is 3.13. The highest BCUT2D eigenvalue weighted by atomic mass is 31.2. The molecule has 0 saturated carbocycles. The van der Waals surface area contributed by atoms with Crippen LogP contribution in [-0.4, -0.2) is 104 Å². The summed E-state index contributed by atoms with van der Waals surface area (Å²) in [6.07, 6.45) is 2.25. The maximum absolute atomic E-state index is 13.7. The second-order valence-electron chi connectivity index (χ2n) is 20.4. The molecule has 10 nitrogen and oxygen atoms in total. The predicted octanol–water partition coefficient (Wildman–Crippen LogP) is 12.9. The molecule has 2 unspecified atom stereocenters. The third kappa shape index (κ3) is 22.7. The minimum Gasteiger partial charge on any atom is -0.458 e. The van der Waals surface area contributed by atoms with Crippen molar-refractivity contribution in [1.82, 2.24) is 0 Å². The topological polar surface area (TPSA) is 116 Å². The number of rotatable bonds is 25. The summed E-state index contributed by atoms with van der Waals surface area (Å²) in [7, 11) is -10.5. The van der Waals surface area contributed by atoms with Crippen molar-refractivity contribution in [2.24, 2.45) is 5.92 Å². The normalized spacial score (nSPS) is 21.6. The van der Waals surface area contributed by atoms with E-state index in [1.54, 1.807) is 18.2 Å². The average molecular weight is 989 g/mol. The van der Waals surface area contributed by atoms with Crippen LogP contribution in [0.2, 0.25) is 36.3 Å². The number of ether oxygens (including phenoxy) is 3. The highest BCUT2D eigenvalue weighted by Crippen LogP contribution is 2.50. The maximum atomic E-state index is 13.7. The molecule has 0 radical (unpaired) electrons. The number of carbonyl (C=O) groups excluding carboxylic acids is 2. The Morgan fingerprint density at radius 3 is 2.06 bits per heavy atom. The number of esters is 1. The summed E-state index contributed by atoms with van der Waals surface area (Å²) in [4.78, 5) is 24.8. The molecule has 2 heterocycles. The van der Waals surface area contributed by atoms with Crippen molar-refractivity contribution >= 4 is 36.5 Å². The lowest BCUT2D eigenvalue weighted by Gasteiger charge is -2.40. The molecule has 65 heavy (non-hydrogen) atoms. The van der Waals surface area contributed by atoms with Gasteiger partial charge in [-0.3, -0.25) is 18.4 Å². The highest BCUT2D eigenvalue weighted by Gasteiger charge is 2.44. The first-order chi connectivity index (χ1) is 29.6. The van der Waals surface area contributed by atoms with Gasteiger partial charge in [0.15, 0.2) is 29.8 Å². The standard InChI is InChI=1S/C46H75F6O10PSi2/c1-33-23-25-56-37(27-33)20-21-41(62-65(12,13)44(7,8)9)40(60-42(54)30-63(55,57-31-45(47,48)49)58-32-46(50,51)52)19-15-18-39(61-64(10,11)43(4,5)6)29-35(3)26-34(2)28-38-17-14-16-36(59-38)22-24-53/h14-16,18,20-21,23-24,34,36-41H,3,17,19,22,25-32H2,1-2,4-13H3/t34-,36-,37+,38-,39?,40-,41?/m0/s1. The molecule has 0 aromatic rings. The van der Waals surface area contributed by atoms with Crippen molar-refractivity contribution in [3.05, 3.63) is 60.3 Å². The molecule has 374 valence electrons. The molecular formula is C46H75F6O10PSi2. The lowest BCUT2D eigenvalue weighted by atomic mass is 9.91. The van der Waals surface area contributed by atoms with Crippen molar-refractivity contribution in [3.63, 3.8) is 0 Å². The molecule has 0 N–H and O–H groups in total. The fourth-order valence-corrected chi connectivity index (χ4v) is 10.4. The van der Waals surface area contributed by atoms with Gasteiger partial charge in [0.2, 0.25) is 0 Å². The van der Waals surface area contributed by atoms with Gasteiger partial charge in [0.05, 0.1) is 31.0 Å². The minimum absolute atomic E-state index is 0.0337. The molecule has 0 aliphatic carbocycles. The van der Waals surface area contributed by atoms with Crippen LogP contribution in [0.15, 0.2) is 60.3 Å². The first-order valence-electron chi connectivity index (χ1n) is 22.2. The number of hydrogen-bond acceptors (Lipinski definition) is 10. The minimum atomic E-state index is -5.35. The van der Waals surface area contributed by atoms with Crippen molar-refractivity contribution in [2.75, 3.05) is 26.0 Å². The third-order valence-electron chi connectivity index (χ3n) is 12.0. The van der Waals surface area contributed by atoms with Crippen LogP contribution in [0.25, 0.3) is 0 Å². The van der Waals surface area contributed by atoms with Crippen molar-refractivity contribution in [3.8, 4) is 0 Å². The van der Waals surface area contributed by atoms with E-state index in [0.717, 1.165) is 30.3 Å². The molecular weight excluding hydrogens is 914 g/mol. The van der Waals surface area contributed by atoms with Gasteiger partial charge in [-0.1, -0.05) is 109 Å². The second kappa shape index (κ2) is 24.9. The second-order valence-corrected chi connectivity index (χ2v) is 31.9. The van der Waals surface area contributed by atoms with Crippen LogP contribution in [0.5, 0.6) is 0 Å². The molecule has 0 aromatic heterocycles. The molecule has 0 amide bonds. The van der Waals surface area contributed by atoms with Crippen LogP contribution >= 0.6 is 7.60 Å². The Balaban J connectivity index is 2.57. The van der Waals surface area contributed by atoms with E-state index in [4.69, 9.17) is 23.1 Å². The van der Waals surface area contributed by atoms with E-state index < -0.39 is 80.2 Å². The first-order valence-corrected chi connectivity index (χ1v) is 29.8. The molecule has 0 fully saturated rings. The van der Waals surface area contributed by atoms with Crippen LogP contribution in [0.4, 0.5) is 26.3 Å². The van der Waals surface area contributed by atoms with E-state index in [9.17, 15) is 40.5 Å². The van der Waals surface area contributed by atoms with Gasteiger partial charge >= 0.3 is 25.9 Å². The molecule has 0 bridgehead atoms. The van der Waals surface area contributed by atoms with Crippen molar-refractivity contribution in [1.29, 1.82) is 0 Å². The summed E-state index contributed by atoms with van der Waals surface area (Å²) in [5.74, 6) is -1.21. The Morgan fingerprint density at radius 1 is 0.938 bits per heavy atom. The molecule has 2 aliphatic heterocycles. The zero-order valence-electron chi connectivity index (χ0n) is 40.4. The smallest absolute Gasteiger partial charge is 0.412 e. The Kier molecular flexibility index (Phi) is 22.6. The van der Waals surface area contributed by atoms with Crippen molar-refractivity contribution < 1.29 is 72.6 Å². The largest absolute Gasteiger partial charge is 0.458 e. The van der Waals surface area contributed by atoms with Gasteiger partial charge in [-0.05, 0) is 81.2 Å². The zero-order chi connectivity index (χ0) is 49.7. The lowest BCUT2D eigenvalue weighted by Crippen LogP contribution is -2.47. The summed E-state index contributed by atoms with van der Waals surface area (Å²) in [5, 5.41) is -0.527.